The number of aryl methyl sites for hydroxylation is 2. The van der Waals surface area contributed by atoms with Crippen LogP contribution in [-0.2, 0) is 0 Å². The minimum Gasteiger partial charge on any atom is -0.496 e. The predicted molar refractivity (Wildman–Crippen MR) is 81.1 cm³/mol. The van der Waals surface area contributed by atoms with Crippen LogP contribution >= 0.6 is 0 Å². The first-order valence-electron chi connectivity index (χ1n) is 6.50. The van der Waals surface area contributed by atoms with E-state index in [2.05, 4.69) is 24.9 Å². The number of fused-ring (bicyclic) bond motifs is 1. The van der Waals surface area contributed by atoms with Crippen molar-refractivity contribution in [3.05, 3.63) is 47.7 Å². The first kappa shape index (κ1) is 12.5. The summed E-state index contributed by atoms with van der Waals surface area (Å²) in [5, 5.41) is 0. The van der Waals surface area contributed by atoms with Crippen LogP contribution in [0.25, 0.3) is 16.9 Å². The van der Waals surface area contributed by atoms with E-state index in [0.29, 0.717) is 5.82 Å². The third kappa shape index (κ3) is 1.81. The molecular weight excluding hydrogens is 250 g/mol. The Morgan fingerprint density at radius 1 is 1.15 bits per heavy atom. The number of anilines is 1. The minimum atomic E-state index is 0.627. The van der Waals surface area contributed by atoms with Gasteiger partial charge in [-0.1, -0.05) is 6.07 Å². The van der Waals surface area contributed by atoms with Gasteiger partial charge in [-0.05, 0) is 49.2 Å². The molecule has 0 aliphatic carbocycles. The van der Waals surface area contributed by atoms with E-state index in [1.807, 2.05) is 34.9 Å². The Hall–Kier alpha value is -2.49. The average Bonchev–Trinajstić information content (AvgIpc) is 2.79. The Balaban J connectivity index is 2.30. The number of hydrogen-bond donors (Lipinski definition) is 1. The van der Waals surface area contributed by atoms with Gasteiger partial charge in [0, 0.05) is 11.8 Å². The number of methoxy groups -OCH3 is 1. The minimum absolute atomic E-state index is 0.627. The van der Waals surface area contributed by atoms with Gasteiger partial charge in [-0.15, -0.1) is 0 Å². The number of nitrogens with two attached hydrogens (primary N) is 1. The Labute approximate surface area is 117 Å². The number of ether oxygens (including phenoxy) is 1. The molecule has 2 N–H and O–H groups in total. The number of pyridine rings is 1. The summed E-state index contributed by atoms with van der Waals surface area (Å²) in [7, 11) is 1.67. The zero-order chi connectivity index (χ0) is 14.3. The van der Waals surface area contributed by atoms with Crippen molar-refractivity contribution < 1.29 is 4.74 Å². The van der Waals surface area contributed by atoms with E-state index in [4.69, 9.17) is 10.5 Å². The van der Waals surface area contributed by atoms with Gasteiger partial charge in [0.15, 0.2) is 0 Å². The molecule has 2 heterocycles. The van der Waals surface area contributed by atoms with Gasteiger partial charge in [-0.2, -0.15) is 0 Å². The summed E-state index contributed by atoms with van der Waals surface area (Å²) >= 11 is 0. The second kappa shape index (κ2) is 4.56. The molecule has 0 saturated heterocycles. The Morgan fingerprint density at radius 3 is 2.60 bits per heavy atom. The van der Waals surface area contributed by atoms with Gasteiger partial charge in [-0.3, -0.25) is 4.40 Å². The second-order valence-corrected chi connectivity index (χ2v) is 4.91. The predicted octanol–water partition coefficient (Wildman–Crippen LogP) is 3.21. The van der Waals surface area contributed by atoms with E-state index in [-0.39, 0.29) is 0 Å². The zero-order valence-electron chi connectivity index (χ0n) is 11.8. The van der Waals surface area contributed by atoms with E-state index < -0.39 is 0 Å². The van der Waals surface area contributed by atoms with Crippen LogP contribution in [0.2, 0.25) is 0 Å². The van der Waals surface area contributed by atoms with Crippen molar-refractivity contribution in [3.8, 4) is 17.0 Å². The van der Waals surface area contributed by atoms with Crippen molar-refractivity contribution in [1.29, 1.82) is 0 Å². The maximum Gasteiger partial charge on any atom is 0.139 e. The first-order chi connectivity index (χ1) is 9.61. The van der Waals surface area contributed by atoms with E-state index in [1.165, 1.54) is 11.1 Å². The highest BCUT2D eigenvalue weighted by molar-refractivity contribution is 5.79. The molecule has 0 bridgehead atoms. The molecule has 1 aromatic carbocycles. The van der Waals surface area contributed by atoms with E-state index in [0.717, 1.165) is 22.7 Å². The molecule has 3 rings (SSSR count). The topological polar surface area (TPSA) is 52.5 Å². The average molecular weight is 267 g/mol. The fraction of sp³-hybridized carbons (Fsp3) is 0.188. The number of imidazole rings is 1. The first-order valence-corrected chi connectivity index (χ1v) is 6.50. The smallest absolute Gasteiger partial charge is 0.139 e. The zero-order valence-corrected chi connectivity index (χ0v) is 11.8. The van der Waals surface area contributed by atoms with Crippen LogP contribution in [0.1, 0.15) is 11.1 Å². The van der Waals surface area contributed by atoms with Crippen LogP contribution in [0, 0.1) is 13.8 Å². The summed E-state index contributed by atoms with van der Waals surface area (Å²) in [4.78, 5) is 4.62. The fourth-order valence-corrected chi connectivity index (χ4v) is 2.36. The molecule has 0 spiro atoms. The van der Waals surface area contributed by atoms with Gasteiger partial charge in [0.1, 0.15) is 22.9 Å². The molecule has 0 radical (unpaired) electrons. The quantitative estimate of drug-likeness (QED) is 0.775. The van der Waals surface area contributed by atoms with Gasteiger partial charge in [0.25, 0.3) is 0 Å². The van der Waals surface area contributed by atoms with E-state index >= 15 is 0 Å². The Kier molecular flexibility index (Phi) is 2.86. The molecule has 0 fully saturated rings. The van der Waals surface area contributed by atoms with Crippen LogP contribution in [0.3, 0.4) is 0 Å². The monoisotopic (exact) mass is 267 g/mol. The highest BCUT2D eigenvalue weighted by atomic mass is 16.5. The lowest BCUT2D eigenvalue weighted by Crippen LogP contribution is -1.96. The van der Waals surface area contributed by atoms with Crippen molar-refractivity contribution in [2.45, 2.75) is 13.8 Å². The molecule has 0 atom stereocenters. The molecule has 20 heavy (non-hydrogen) atoms. The third-order valence-corrected chi connectivity index (χ3v) is 3.64. The van der Waals surface area contributed by atoms with Crippen LogP contribution in [0.5, 0.6) is 5.75 Å². The molecule has 4 heteroatoms. The van der Waals surface area contributed by atoms with Crippen molar-refractivity contribution in [1.82, 2.24) is 9.38 Å². The molecular formula is C16H17N3O. The highest BCUT2D eigenvalue weighted by Gasteiger charge is 2.16. The largest absolute Gasteiger partial charge is 0.496 e. The standard InChI is InChI=1S/C16H17N3O/c1-10-8-12(13(20-3)9-11(10)2)15-16(17)19-7-5-4-6-14(19)18-15/h4-9H,17H2,1-3H3. The number of aromatic nitrogens is 2. The molecule has 0 saturated carbocycles. The lowest BCUT2D eigenvalue weighted by Gasteiger charge is -2.10. The normalized spacial score (nSPS) is 10.9. The number of nitrogen functional groups attached to an aromatic ring is 1. The maximum atomic E-state index is 6.23. The lowest BCUT2D eigenvalue weighted by molar-refractivity contribution is 0.416. The summed E-state index contributed by atoms with van der Waals surface area (Å²) < 4.78 is 7.36. The van der Waals surface area contributed by atoms with Gasteiger partial charge < -0.3 is 10.5 Å². The highest BCUT2D eigenvalue weighted by Crippen LogP contribution is 2.35. The Morgan fingerprint density at radius 2 is 1.90 bits per heavy atom. The molecule has 0 aliphatic rings. The number of nitrogens with zero attached hydrogens (tertiary/aromatic N) is 2. The van der Waals surface area contributed by atoms with Crippen LogP contribution in [0.15, 0.2) is 36.5 Å². The van der Waals surface area contributed by atoms with Gasteiger partial charge in [0.05, 0.1) is 7.11 Å². The summed E-state index contributed by atoms with van der Waals surface area (Å²) in [6.45, 7) is 4.14. The van der Waals surface area contributed by atoms with Gasteiger partial charge >= 0.3 is 0 Å². The molecule has 2 aromatic heterocycles. The SMILES string of the molecule is COc1cc(C)c(C)cc1-c1nc2ccccn2c1N. The van der Waals surface area contributed by atoms with Crippen molar-refractivity contribution in [2.75, 3.05) is 12.8 Å². The van der Waals surface area contributed by atoms with Crippen molar-refractivity contribution >= 4 is 11.5 Å². The fourth-order valence-electron chi connectivity index (χ4n) is 2.36. The number of benzene rings is 1. The lowest BCUT2D eigenvalue weighted by atomic mass is 10.0. The molecule has 4 nitrogen and oxygen atoms in total. The Bertz CT molecular complexity index is 790. The maximum absolute atomic E-state index is 6.23. The van der Waals surface area contributed by atoms with Crippen LogP contribution < -0.4 is 10.5 Å². The van der Waals surface area contributed by atoms with Crippen LogP contribution in [-0.4, -0.2) is 16.5 Å². The summed E-state index contributed by atoms with van der Waals surface area (Å²) in [6.07, 6.45) is 1.91. The molecule has 0 aliphatic heterocycles. The second-order valence-electron chi connectivity index (χ2n) is 4.91. The van der Waals surface area contributed by atoms with Gasteiger partial charge in [0.2, 0.25) is 0 Å². The molecule has 3 aromatic rings. The molecule has 0 unspecified atom stereocenters. The van der Waals surface area contributed by atoms with Crippen LogP contribution in [0.4, 0.5) is 5.82 Å². The summed E-state index contributed by atoms with van der Waals surface area (Å²) in [5.41, 5.74) is 11.1. The molecule has 102 valence electrons. The number of hydrogen-bond acceptors (Lipinski definition) is 3. The summed E-state index contributed by atoms with van der Waals surface area (Å²) in [5.74, 6) is 1.42. The van der Waals surface area contributed by atoms with E-state index in [1.54, 1.807) is 7.11 Å². The van der Waals surface area contributed by atoms with Gasteiger partial charge in [-0.25, -0.2) is 4.98 Å². The molecule has 0 amide bonds. The summed E-state index contributed by atoms with van der Waals surface area (Å²) in [6, 6.07) is 9.92. The number of rotatable bonds is 2. The van der Waals surface area contributed by atoms with Crippen molar-refractivity contribution in [3.63, 3.8) is 0 Å². The van der Waals surface area contributed by atoms with E-state index in [9.17, 15) is 0 Å². The third-order valence-electron chi connectivity index (χ3n) is 3.64. The van der Waals surface area contributed by atoms with Crippen molar-refractivity contribution in [2.24, 2.45) is 0 Å².